The number of hydrogen-bond acceptors (Lipinski definition) is 4. The molecule has 0 bridgehead atoms. The van der Waals surface area contributed by atoms with Crippen LogP contribution in [0.15, 0.2) is 4.90 Å². The standard InChI is InChI=1S/C7H10N2O3S/c1-5-7(13(10,11)12-4)6(2)9(3)8-5/h4H,1-3H3. The molecule has 0 saturated heterocycles. The van der Waals surface area contributed by atoms with Crippen molar-refractivity contribution in [3.05, 3.63) is 18.5 Å². The van der Waals surface area contributed by atoms with E-state index >= 15 is 0 Å². The average Bonchev–Trinajstić information content (AvgIpc) is 2.27. The second-order valence-corrected chi connectivity index (χ2v) is 4.18. The van der Waals surface area contributed by atoms with Gasteiger partial charge in [0.15, 0.2) is 0 Å². The third kappa shape index (κ3) is 1.59. The molecule has 72 valence electrons. The first-order chi connectivity index (χ1) is 5.90. The number of nitrogens with zero attached hydrogens (tertiary/aromatic N) is 2. The Bertz CT molecular complexity index is 419. The van der Waals surface area contributed by atoms with Gasteiger partial charge in [-0.25, -0.2) is 0 Å². The van der Waals surface area contributed by atoms with Crippen LogP contribution in [-0.4, -0.2) is 18.2 Å². The first-order valence-corrected chi connectivity index (χ1v) is 4.94. The topological polar surface area (TPSA) is 61.2 Å². The molecule has 0 aromatic carbocycles. The molecule has 0 fully saturated rings. The normalized spacial score (nSPS) is 12.0. The lowest BCUT2D eigenvalue weighted by Gasteiger charge is -2.00. The summed E-state index contributed by atoms with van der Waals surface area (Å²) in [7, 11) is 2.47. The monoisotopic (exact) mass is 202 g/mol. The highest BCUT2D eigenvalue weighted by atomic mass is 32.2. The van der Waals surface area contributed by atoms with Crippen LogP contribution in [0.25, 0.3) is 0 Å². The van der Waals surface area contributed by atoms with Crippen molar-refractivity contribution in [1.29, 1.82) is 0 Å². The van der Waals surface area contributed by atoms with E-state index in [0.29, 0.717) is 11.4 Å². The Hall–Kier alpha value is -0.880. The molecular weight excluding hydrogens is 192 g/mol. The van der Waals surface area contributed by atoms with E-state index in [2.05, 4.69) is 16.4 Å². The molecule has 0 unspecified atom stereocenters. The molecular formula is C7H10N2O3S. The Morgan fingerprint density at radius 1 is 1.46 bits per heavy atom. The van der Waals surface area contributed by atoms with Crippen LogP contribution in [-0.2, 0) is 21.3 Å². The van der Waals surface area contributed by atoms with Gasteiger partial charge in [0, 0.05) is 7.05 Å². The molecule has 0 saturated carbocycles. The zero-order chi connectivity index (χ0) is 10.2. The van der Waals surface area contributed by atoms with Crippen molar-refractivity contribution in [3.8, 4) is 0 Å². The van der Waals surface area contributed by atoms with Crippen molar-refractivity contribution in [1.82, 2.24) is 9.78 Å². The molecule has 5 nitrogen and oxygen atoms in total. The lowest BCUT2D eigenvalue weighted by atomic mass is 10.4. The molecule has 0 aliphatic rings. The van der Waals surface area contributed by atoms with Gasteiger partial charge in [-0.2, -0.15) is 13.5 Å². The van der Waals surface area contributed by atoms with Gasteiger partial charge in [0.2, 0.25) is 0 Å². The largest absolute Gasteiger partial charge is 0.301 e. The molecule has 1 aromatic heterocycles. The Morgan fingerprint density at radius 2 is 2.00 bits per heavy atom. The van der Waals surface area contributed by atoms with Gasteiger partial charge in [-0.1, -0.05) is 0 Å². The van der Waals surface area contributed by atoms with E-state index in [-0.39, 0.29) is 4.90 Å². The summed E-state index contributed by atoms with van der Waals surface area (Å²) in [6.45, 7) is 3.21. The Morgan fingerprint density at radius 3 is 2.31 bits per heavy atom. The van der Waals surface area contributed by atoms with Crippen LogP contribution in [0.4, 0.5) is 0 Å². The summed E-state index contributed by atoms with van der Waals surface area (Å²) < 4.78 is 27.9. The first kappa shape index (κ1) is 10.2. The number of aryl methyl sites for hydroxylation is 2. The Labute approximate surface area is 77.4 Å². The molecule has 1 aromatic rings. The number of hydrogen-bond donors (Lipinski definition) is 0. The summed E-state index contributed by atoms with van der Waals surface area (Å²) in [6, 6.07) is 0. The van der Waals surface area contributed by atoms with E-state index in [1.807, 2.05) is 0 Å². The summed E-state index contributed by atoms with van der Waals surface area (Å²) in [6.07, 6.45) is 0. The van der Waals surface area contributed by atoms with Gasteiger partial charge in [-0.3, -0.25) is 8.86 Å². The highest BCUT2D eigenvalue weighted by molar-refractivity contribution is 7.86. The highest BCUT2D eigenvalue weighted by Gasteiger charge is 2.23. The third-order valence-electron chi connectivity index (χ3n) is 1.82. The van der Waals surface area contributed by atoms with E-state index < -0.39 is 10.1 Å². The quantitative estimate of drug-likeness (QED) is 0.652. The van der Waals surface area contributed by atoms with Crippen LogP contribution >= 0.6 is 0 Å². The van der Waals surface area contributed by atoms with Crippen LogP contribution < -0.4 is 0 Å². The molecule has 0 N–H and O–H groups in total. The minimum atomic E-state index is -3.84. The maximum atomic E-state index is 11.3. The summed E-state index contributed by atoms with van der Waals surface area (Å²) in [5.74, 6) is 0. The Balaban J connectivity index is 3.47. The minimum Gasteiger partial charge on any atom is -0.271 e. The lowest BCUT2D eigenvalue weighted by molar-refractivity contribution is 0.437. The zero-order valence-electron chi connectivity index (χ0n) is 7.60. The van der Waals surface area contributed by atoms with Crippen LogP contribution in [0.2, 0.25) is 0 Å². The zero-order valence-corrected chi connectivity index (χ0v) is 8.42. The fourth-order valence-corrected chi connectivity index (χ4v) is 2.16. The third-order valence-corrected chi connectivity index (χ3v) is 3.16. The number of aromatic nitrogens is 2. The van der Waals surface area contributed by atoms with Crippen LogP contribution in [0.5, 0.6) is 0 Å². The van der Waals surface area contributed by atoms with E-state index in [0.717, 1.165) is 0 Å². The highest BCUT2D eigenvalue weighted by Crippen LogP contribution is 2.20. The molecule has 0 amide bonds. The average molecular weight is 202 g/mol. The lowest BCUT2D eigenvalue weighted by Crippen LogP contribution is -2.04. The summed E-state index contributed by atoms with van der Waals surface area (Å²) in [5, 5.41) is 3.93. The van der Waals surface area contributed by atoms with Gasteiger partial charge in [-0.05, 0) is 13.8 Å². The minimum absolute atomic E-state index is 0.0394. The molecule has 0 aliphatic carbocycles. The maximum absolute atomic E-state index is 11.3. The van der Waals surface area contributed by atoms with Gasteiger partial charge in [0.25, 0.3) is 0 Å². The molecule has 13 heavy (non-hydrogen) atoms. The Kier molecular flexibility index (Phi) is 2.44. The van der Waals surface area contributed by atoms with E-state index in [1.54, 1.807) is 20.9 Å². The van der Waals surface area contributed by atoms with Crippen molar-refractivity contribution < 1.29 is 12.6 Å². The second kappa shape index (κ2) is 3.12. The molecule has 0 spiro atoms. The second-order valence-electron chi connectivity index (χ2n) is 2.67. The van der Waals surface area contributed by atoms with Crippen LogP contribution in [0, 0.1) is 21.0 Å². The van der Waals surface area contributed by atoms with Crippen molar-refractivity contribution >= 4 is 10.1 Å². The van der Waals surface area contributed by atoms with E-state index in [9.17, 15) is 8.42 Å². The predicted octanol–water partition coefficient (Wildman–Crippen LogP) is 0.411. The first-order valence-electron chi connectivity index (χ1n) is 3.53. The van der Waals surface area contributed by atoms with Crippen molar-refractivity contribution in [3.63, 3.8) is 0 Å². The van der Waals surface area contributed by atoms with Gasteiger partial charge in [0.1, 0.15) is 12.0 Å². The number of rotatable bonds is 2. The smallest absolute Gasteiger partial charge is 0.271 e. The summed E-state index contributed by atoms with van der Waals surface area (Å²) >= 11 is 0. The van der Waals surface area contributed by atoms with Crippen LogP contribution in [0.3, 0.4) is 0 Å². The van der Waals surface area contributed by atoms with Gasteiger partial charge >= 0.3 is 10.1 Å². The van der Waals surface area contributed by atoms with E-state index in [4.69, 9.17) is 0 Å². The van der Waals surface area contributed by atoms with Crippen LogP contribution in [0.1, 0.15) is 11.4 Å². The fraction of sp³-hybridized carbons (Fsp3) is 0.429. The van der Waals surface area contributed by atoms with Gasteiger partial charge < -0.3 is 0 Å². The molecule has 1 rings (SSSR count). The summed E-state index contributed by atoms with van der Waals surface area (Å²) in [4.78, 5) is 0.0394. The van der Waals surface area contributed by atoms with E-state index in [1.165, 1.54) is 4.68 Å². The van der Waals surface area contributed by atoms with Crippen molar-refractivity contribution in [2.75, 3.05) is 0 Å². The molecule has 0 atom stereocenters. The fourth-order valence-electron chi connectivity index (χ4n) is 1.16. The molecule has 6 heteroatoms. The SMILES string of the molecule is [CH]OS(=O)(=O)c1c(C)nn(C)c1C. The predicted molar refractivity (Wildman–Crippen MR) is 45.3 cm³/mol. The van der Waals surface area contributed by atoms with Crippen molar-refractivity contribution in [2.24, 2.45) is 7.05 Å². The maximum Gasteiger partial charge on any atom is 0.301 e. The molecule has 1 heterocycles. The van der Waals surface area contributed by atoms with Gasteiger partial charge in [-0.15, -0.1) is 0 Å². The molecule has 0 aliphatic heterocycles. The van der Waals surface area contributed by atoms with Gasteiger partial charge in [0.05, 0.1) is 11.4 Å². The van der Waals surface area contributed by atoms with Crippen molar-refractivity contribution in [2.45, 2.75) is 18.7 Å². The molecule has 2 radical (unpaired) electrons. The summed E-state index contributed by atoms with van der Waals surface area (Å²) in [5.41, 5.74) is 0.883.